The smallest absolute Gasteiger partial charge is 0.406 e. The first kappa shape index (κ1) is 88.3. The Bertz CT molecular complexity index is 4310. The highest BCUT2D eigenvalue weighted by atomic mass is 35.5. The molecule has 6 fully saturated rings. The summed E-state index contributed by atoms with van der Waals surface area (Å²) in [6, 6.07) is -1.47. The van der Waals surface area contributed by atoms with E-state index in [1.165, 1.54) is 19.0 Å². The zero-order valence-electron chi connectivity index (χ0n) is 66.1. The zero-order valence-corrected chi connectivity index (χ0v) is 71.0. The molecule has 12 rings (SSSR count). The van der Waals surface area contributed by atoms with E-state index in [4.69, 9.17) is 122 Å². The van der Waals surface area contributed by atoms with Crippen molar-refractivity contribution in [3.8, 4) is 17.6 Å². The van der Waals surface area contributed by atoms with Crippen LogP contribution in [-0.4, -0.2) is 205 Å². The number of halogens is 3. The molecule has 45 heteroatoms. The number of alkyl halides is 3. The summed E-state index contributed by atoms with van der Waals surface area (Å²) in [7, 11) is -11.5. The molecular formula is C67H104Cl3N18O21P3. The van der Waals surface area contributed by atoms with Crippen LogP contribution in [0, 0.1) is 35.0 Å². The Labute approximate surface area is 663 Å². The predicted octanol–water partition coefficient (Wildman–Crippen LogP) is 9.51. The Morgan fingerprint density at radius 3 is 1.03 bits per heavy atom. The normalized spacial score (nSPS) is 30.5. The molecule has 0 radical (unpaired) electrons. The van der Waals surface area contributed by atoms with Crippen molar-refractivity contribution in [2.75, 3.05) is 76.7 Å². The standard InChI is InChI=1S/C23H36ClN6O7P.2C22H34ClN6O7P/c1-8-33-18-15-17(27-21(25)28-18)30(11-26-15)20-23(7,24)16-13(36-20)9-35-38(32,37-16)29-14(22(4,5)6)10-34-19(31)12(2)3;2*1-7-32-18-15-17(26-21(24)27-18)29(10-25-15)20-22(6,23)16-14(35-20)9-34-37(31,36-16)28-13(11(2)3)8-33-19(30)12(4)5/h11-14,16,20H,8-10H2,1-7H3,(H,29,32)(H2,25,27,28);2*10-14,16,20H,7-9H2,1-6H3,(H,28,31)(H2,24,26,27)/t13-,14?,16-,20-,23-,38?;13-,14-,16-,20-,22-,37+;13-,14-,16-,20-,22-,37-/m111/s1. The minimum Gasteiger partial charge on any atom is -0.476 e. The number of ether oxygens (including phenoxy) is 9. The summed E-state index contributed by atoms with van der Waals surface area (Å²) in [4.78, 5) is 70.8. The number of esters is 3. The number of nitrogen functional groups attached to an aromatic ring is 3. The molecule has 0 aliphatic carbocycles. The number of nitrogens with zero attached hydrogens (tertiary/aromatic N) is 12. The van der Waals surface area contributed by atoms with Crippen molar-refractivity contribution in [1.29, 1.82) is 0 Å². The minimum absolute atomic E-state index is 0.00704. The van der Waals surface area contributed by atoms with Gasteiger partial charge in [-0.15, -0.1) is 34.8 Å². The lowest BCUT2D eigenvalue weighted by atomic mass is 9.88. The average molecular weight is 1700 g/mol. The minimum atomic E-state index is -3.87. The fraction of sp³-hybridized carbons (Fsp3) is 0.731. The monoisotopic (exact) mass is 1690 g/mol. The predicted molar refractivity (Wildman–Crippen MR) is 410 cm³/mol. The molecule has 112 heavy (non-hydrogen) atoms. The second-order valence-electron chi connectivity index (χ2n) is 30.8. The Morgan fingerprint density at radius 1 is 0.491 bits per heavy atom. The third kappa shape index (κ3) is 19.3. The number of rotatable bonds is 26. The van der Waals surface area contributed by atoms with Crippen LogP contribution in [0.4, 0.5) is 17.8 Å². The average Bonchev–Trinajstić information content (AvgIpc) is 1.59. The van der Waals surface area contributed by atoms with Crippen molar-refractivity contribution in [3.05, 3.63) is 19.0 Å². The van der Waals surface area contributed by atoms with Gasteiger partial charge in [0.2, 0.25) is 35.5 Å². The first-order chi connectivity index (χ1) is 52.4. The zero-order chi connectivity index (χ0) is 82.3. The number of anilines is 3. The fourth-order valence-electron chi connectivity index (χ4n) is 12.6. The number of fused-ring (bicyclic) bond motifs is 6. The van der Waals surface area contributed by atoms with Gasteiger partial charge >= 0.3 is 41.1 Å². The molecule has 0 amide bonds. The van der Waals surface area contributed by atoms with Crippen LogP contribution in [0.3, 0.4) is 0 Å². The molecule has 0 bridgehead atoms. The van der Waals surface area contributed by atoms with Crippen molar-refractivity contribution in [1.82, 2.24) is 73.8 Å². The van der Waals surface area contributed by atoms with Crippen LogP contribution in [0.1, 0.15) is 150 Å². The van der Waals surface area contributed by atoms with Gasteiger partial charge in [-0.3, -0.25) is 55.2 Å². The SMILES string of the molecule is CCOc1nc(N)nc2c1ncn2[C@@H]1O[C@@H]2COP(=O)(NC(COC(=O)C(C)C)C(C)(C)C)O[C@H]2[C@@]1(C)Cl.CCOc1nc(N)nc2c1ncn2[C@@H]1O[C@@H]2CO[P@@](=O)(N[C@H](COC(=O)C(C)C)C(C)C)O[C@H]2[C@@]1(C)Cl.CCOc1nc(N)nc2c1ncn2[C@@H]1O[C@@H]2CO[P@](=O)(N[C@H](COC(=O)C(C)C)C(C)C)O[C@H]2[C@@]1(C)Cl. The molecule has 39 nitrogen and oxygen atoms in total. The molecule has 0 saturated carbocycles. The number of carbonyl (C=O) groups is 3. The van der Waals surface area contributed by atoms with Crippen LogP contribution < -0.4 is 46.7 Å². The summed E-state index contributed by atoms with van der Waals surface area (Å²) in [5.74, 6) is -1.17. The molecule has 6 aromatic heterocycles. The van der Waals surface area contributed by atoms with E-state index in [2.05, 4.69) is 60.1 Å². The van der Waals surface area contributed by atoms with Gasteiger partial charge in [-0.25, -0.2) is 43.9 Å². The third-order valence-corrected chi connectivity index (χ3v) is 25.2. The first-order valence-electron chi connectivity index (χ1n) is 36.9. The van der Waals surface area contributed by atoms with Gasteiger partial charge in [0.05, 0.1) is 94.5 Å². The van der Waals surface area contributed by atoms with Gasteiger partial charge in [-0.05, 0) is 58.8 Å². The van der Waals surface area contributed by atoms with E-state index in [0.717, 1.165) is 0 Å². The quantitative estimate of drug-likeness (QED) is 0.0127. The van der Waals surface area contributed by atoms with Crippen molar-refractivity contribution in [3.63, 3.8) is 0 Å². The van der Waals surface area contributed by atoms with E-state index >= 15 is 0 Å². The highest BCUT2D eigenvalue weighted by Crippen LogP contribution is 2.61. The Hall–Kier alpha value is -6.06. The molecule has 624 valence electrons. The maximum atomic E-state index is 13.8. The molecule has 6 aromatic rings. The third-order valence-electron chi connectivity index (χ3n) is 19.1. The van der Waals surface area contributed by atoms with E-state index < -0.39 is 117 Å². The Morgan fingerprint density at radius 2 is 0.768 bits per heavy atom. The van der Waals surface area contributed by atoms with E-state index in [9.17, 15) is 28.1 Å². The van der Waals surface area contributed by atoms with Gasteiger partial charge in [0.25, 0.3) is 0 Å². The highest BCUT2D eigenvalue weighted by molar-refractivity contribution is 7.52. The molecule has 0 aromatic carbocycles. The van der Waals surface area contributed by atoms with Crippen molar-refractivity contribution in [2.24, 2.45) is 35.0 Å². The summed E-state index contributed by atoms with van der Waals surface area (Å²) >= 11 is 21.1. The van der Waals surface area contributed by atoms with Crippen molar-refractivity contribution >= 4 is 127 Å². The van der Waals surface area contributed by atoms with Crippen LogP contribution in [0.25, 0.3) is 33.5 Å². The maximum absolute atomic E-state index is 13.8. The van der Waals surface area contributed by atoms with Gasteiger partial charge in [0.1, 0.15) is 71.1 Å². The van der Waals surface area contributed by atoms with Crippen LogP contribution in [0.5, 0.6) is 17.6 Å². The number of hydrogen-bond donors (Lipinski definition) is 6. The molecule has 6 aliphatic rings. The second-order valence-corrected chi connectivity index (χ2v) is 38.4. The number of hydrogen-bond acceptors (Lipinski definition) is 33. The second kappa shape index (κ2) is 35.0. The molecule has 18 atom stereocenters. The van der Waals surface area contributed by atoms with Gasteiger partial charge in [-0.2, -0.15) is 29.9 Å². The highest BCUT2D eigenvalue weighted by Gasteiger charge is 2.63. The lowest BCUT2D eigenvalue weighted by molar-refractivity contribution is -0.149. The summed E-state index contributed by atoms with van der Waals surface area (Å²) < 4.78 is 132. The fourth-order valence-corrected chi connectivity index (χ4v) is 19.8. The van der Waals surface area contributed by atoms with Crippen molar-refractivity contribution < 1.29 is 97.9 Å². The van der Waals surface area contributed by atoms with Crippen LogP contribution in [-0.2, 0) is 83.6 Å². The molecule has 9 N–H and O–H groups in total. The summed E-state index contributed by atoms with van der Waals surface area (Å²) in [5, 5.41) is 8.84. The summed E-state index contributed by atoms with van der Waals surface area (Å²) in [6.45, 7) is 35.6. The lowest BCUT2D eigenvalue weighted by Gasteiger charge is -2.39. The lowest BCUT2D eigenvalue weighted by Crippen LogP contribution is -2.49. The maximum Gasteiger partial charge on any atom is 0.406 e. The van der Waals surface area contributed by atoms with E-state index in [1.807, 2.05) is 69.2 Å². The van der Waals surface area contributed by atoms with E-state index in [1.54, 1.807) is 76.0 Å². The van der Waals surface area contributed by atoms with E-state index in [-0.39, 0.29) is 123 Å². The number of imidazole rings is 3. The summed E-state index contributed by atoms with van der Waals surface area (Å²) in [5.41, 5.74) is 19.6. The van der Waals surface area contributed by atoms with Crippen LogP contribution in [0.15, 0.2) is 19.0 Å². The molecular weight excluding hydrogens is 1590 g/mol. The van der Waals surface area contributed by atoms with Crippen LogP contribution >= 0.6 is 58.0 Å². The van der Waals surface area contributed by atoms with Gasteiger partial charge in [0, 0.05) is 0 Å². The van der Waals surface area contributed by atoms with Crippen molar-refractivity contribution in [2.45, 2.75) is 220 Å². The number of nitrogens with two attached hydrogens (primary N) is 3. The summed E-state index contributed by atoms with van der Waals surface area (Å²) in [6.07, 6.45) is -2.16. The number of nitrogens with one attached hydrogen (secondary N) is 3. The Balaban J connectivity index is 0.000000178. The molecule has 6 aliphatic heterocycles. The topological polar surface area (TPSA) is 486 Å². The molecule has 12 heterocycles. The van der Waals surface area contributed by atoms with Crippen LogP contribution in [0.2, 0.25) is 0 Å². The number of aromatic nitrogens is 12. The van der Waals surface area contributed by atoms with Gasteiger partial charge in [-0.1, -0.05) is 90.0 Å². The molecule has 0 spiro atoms. The van der Waals surface area contributed by atoms with Gasteiger partial charge < -0.3 is 59.8 Å². The Kier molecular flexibility index (Phi) is 27.6. The largest absolute Gasteiger partial charge is 0.476 e. The number of carbonyl (C=O) groups excluding carboxylic acids is 3. The van der Waals surface area contributed by atoms with E-state index in [0.29, 0.717) is 53.3 Å². The first-order valence-corrected chi connectivity index (χ1v) is 42.7. The molecule has 2 unspecified atom stereocenters. The molecule has 6 saturated heterocycles. The van der Waals surface area contributed by atoms with Gasteiger partial charge in [0.15, 0.2) is 52.2 Å².